The van der Waals surface area contributed by atoms with E-state index in [0.717, 1.165) is 34.8 Å². The molecular formula is C14H14N2OS. The number of nitrogens with one attached hydrogen (secondary N) is 1. The van der Waals surface area contributed by atoms with E-state index in [2.05, 4.69) is 10.3 Å². The number of carbonyl (C=O) groups is 1. The van der Waals surface area contributed by atoms with E-state index in [9.17, 15) is 4.79 Å². The predicted octanol–water partition coefficient (Wildman–Crippen LogP) is 3.47. The molecule has 0 atom stereocenters. The quantitative estimate of drug-likeness (QED) is 0.916. The van der Waals surface area contributed by atoms with Crippen molar-refractivity contribution in [3.05, 3.63) is 35.3 Å². The molecule has 1 saturated carbocycles. The Labute approximate surface area is 110 Å². The summed E-state index contributed by atoms with van der Waals surface area (Å²) in [6, 6.07) is 7.88. The third-order valence-corrected chi connectivity index (χ3v) is 3.95. The fourth-order valence-corrected chi connectivity index (χ4v) is 2.60. The highest BCUT2D eigenvalue weighted by atomic mass is 32.1. The van der Waals surface area contributed by atoms with Crippen LogP contribution < -0.4 is 5.32 Å². The van der Waals surface area contributed by atoms with Crippen molar-refractivity contribution in [3.63, 3.8) is 0 Å². The lowest BCUT2D eigenvalue weighted by Crippen LogP contribution is -2.13. The normalized spacial score (nSPS) is 14.5. The first-order chi connectivity index (χ1) is 8.72. The first-order valence-electron chi connectivity index (χ1n) is 6.06. The minimum Gasteiger partial charge on any atom is -0.326 e. The fourth-order valence-electron chi connectivity index (χ4n) is 1.81. The van der Waals surface area contributed by atoms with Crippen LogP contribution >= 0.6 is 11.3 Å². The molecule has 0 spiro atoms. The fraction of sp³-hybridized carbons (Fsp3) is 0.286. The molecule has 4 heteroatoms. The number of nitrogens with zero attached hydrogens (tertiary/aromatic N) is 1. The Morgan fingerprint density at radius 3 is 2.94 bits per heavy atom. The molecule has 0 aliphatic heterocycles. The SMILES string of the molecule is Cc1csc(-c2cccc(NC(=O)C3CC3)c2)n1. The van der Waals surface area contributed by atoms with E-state index < -0.39 is 0 Å². The van der Waals surface area contributed by atoms with Crippen LogP contribution in [0.15, 0.2) is 29.6 Å². The molecule has 0 radical (unpaired) electrons. The van der Waals surface area contributed by atoms with Crippen LogP contribution in [0.25, 0.3) is 10.6 Å². The summed E-state index contributed by atoms with van der Waals surface area (Å²) in [6.45, 7) is 1.98. The molecule has 1 aromatic carbocycles. The lowest BCUT2D eigenvalue weighted by molar-refractivity contribution is -0.117. The first kappa shape index (κ1) is 11.4. The van der Waals surface area contributed by atoms with Crippen molar-refractivity contribution in [1.82, 2.24) is 4.98 Å². The number of carbonyl (C=O) groups excluding carboxylic acids is 1. The monoisotopic (exact) mass is 258 g/mol. The molecule has 0 saturated heterocycles. The van der Waals surface area contributed by atoms with Crippen molar-refractivity contribution < 1.29 is 4.79 Å². The maximum absolute atomic E-state index is 11.7. The average Bonchev–Trinajstić information content (AvgIpc) is 3.12. The smallest absolute Gasteiger partial charge is 0.227 e. The van der Waals surface area contributed by atoms with Crippen LogP contribution in [-0.4, -0.2) is 10.9 Å². The van der Waals surface area contributed by atoms with Crippen LogP contribution in [0.5, 0.6) is 0 Å². The first-order valence-corrected chi connectivity index (χ1v) is 6.94. The molecule has 3 nitrogen and oxygen atoms in total. The molecule has 1 aromatic heterocycles. The lowest BCUT2D eigenvalue weighted by Gasteiger charge is -2.05. The van der Waals surface area contributed by atoms with Gasteiger partial charge in [-0.3, -0.25) is 4.79 Å². The van der Waals surface area contributed by atoms with Crippen molar-refractivity contribution in [2.45, 2.75) is 19.8 Å². The summed E-state index contributed by atoms with van der Waals surface area (Å²) < 4.78 is 0. The largest absolute Gasteiger partial charge is 0.326 e. The second-order valence-electron chi connectivity index (χ2n) is 4.64. The standard InChI is InChI=1S/C14H14N2OS/c1-9-8-18-14(15-9)11-3-2-4-12(7-11)16-13(17)10-5-6-10/h2-4,7-8,10H,5-6H2,1H3,(H,16,17). The number of anilines is 1. The van der Waals surface area contributed by atoms with Crippen molar-refractivity contribution in [2.75, 3.05) is 5.32 Å². The summed E-state index contributed by atoms with van der Waals surface area (Å²) in [7, 11) is 0. The van der Waals surface area contributed by atoms with Gasteiger partial charge in [0.15, 0.2) is 0 Å². The van der Waals surface area contributed by atoms with Gasteiger partial charge in [-0.05, 0) is 31.9 Å². The van der Waals surface area contributed by atoms with Gasteiger partial charge < -0.3 is 5.32 Å². The van der Waals surface area contributed by atoms with Crippen LogP contribution in [0.2, 0.25) is 0 Å². The second kappa shape index (κ2) is 4.53. The Morgan fingerprint density at radius 2 is 2.28 bits per heavy atom. The van der Waals surface area contributed by atoms with Gasteiger partial charge in [-0.15, -0.1) is 11.3 Å². The molecule has 1 aliphatic rings. The Morgan fingerprint density at radius 1 is 1.44 bits per heavy atom. The zero-order valence-corrected chi connectivity index (χ0v) is 11.0. The topological polar surface area (TPSA) is 42.0 Å². The zero-order valence-electron chi connectivity index (χ0n) is 10.1. The van der Waals surface area contributed by atoms with Gasteiger partial charge >= 0.3 is 0 Å². The molecule has 0 unspecified atom stereocenters. The number of rotatable bonds is 3. The van der Waals surface area contributed by atoms with Gasteiger partial charge in [-0.25, -0.2) is 4.98 Å². The highest BCUT2D eigenvalue weighted by Crippen LogP contribution is 2.31. The lowest BCUT2D eigenvalue weighted by atomic mass is 10.2. The van der Waals surface area contributed by atoms with Gasteiger partial charge in [0.05, 0.1) is 0 Å². The minimum atomic E-state index is 0.141. The molecule has 92 valence electrons. The molecule has 1 fully saturated rings. The molecular weight excluding hydrogens is 244 g/mol. The molecule has 1 aliphatic carbocycles. The van der Waals surface area contributed by atoms with Crippen LogP contribution in [0.4, 0.5) is 5.69 Å². The Kier molecular flexibility index (Phi) is 2.88. The Bertz CT molecular complexity index is 587. The van der Waals surface area contributed by atoms with Crippen LogP contribution in [0.3, 0.4) is 0 Å². The predicted molar refractivity (Wildman–Crippen MR) is 73.6 cm³/mol. The van der Waals surface area contributed by atoms with E-state index in [-0.39, 0.29) is 11.8 Å². The highest BCUT2D eigenvalue weighted by molar-refractivity contribution is 7.13. The number of amides is 1. The van der Waals surface area contributed by atoms with Gasteiger partial charge in [0.2, 0.25) is 5.91 Å². The minimum absolute atomic E-state index is 0.141. The van der Waals surface area contributed by atoms with E-state index in [0.29, 0.717) is 0 Å². The number of aryl methyl sites for hydroxylation is 1. The Hall–Kier alpha value is -1.68. The van der Waals surface area contributed by atoms with E-state index in [1.165, 1.54) is 0 Å². The molecule has 1 amide bonds. The molecule has 1 heterocycles. The molecule has 18 heavy (non-hydrogen) atoms. The number of benzene rings is 1. The summed E-state index contributed by atoms with van der Waals surface area (Å²) >= 11 is 1.63. The third-order valence-electron chi connectivity index (χ3n) is 2.94. The van der Waals surface area contributed by atoms with Crippen molar-refractivity contribution in [3.8, 4) is 10.6 Å². The van der Waals surface area contributed by atoms with Gasteiger partial charge in [0, 0.05) is 28.2 Å². The number of hydrogen-bond acceptors (Lipinski definition) is 3. The van der Waals surface area contributed by atoms with Crippen molar-refractivity contribution >= 4 is 22.9 Å². The molecule has 1 N–H and O–H groups in total. The van der Waals surface area contributed by atoms with Crippen LogP contribution in [-0.2, 0) is 4.79 Å². The molecule has 2 aromatic rings. The Balaban J connectivity index is 1.82. The van der Waals surface area contributed by atoms with Gasteiger partial charge in [0.25, 0.3) is 0 Å². The van der Waals surface area contributed by atoms with Crippen LogP contribution in [0.1, 0.15) is 18.5 Å². The van der Waals surface area contributed by atoms with Crippen molar-refractivity contribution in [2.24, 2.45) is 5.92 Å². The van der Waals surface area contributed by atoms with E-state index >= 15 is 0 Å². The maximum atomic E-state index is 11.7. The summed E-state index contributed by atoms with van der Waals surface area (Å²) in [6.07, 6.45) is 2.05. The third kappa shape index (κ3) is 2.43. The second-order valence-corrected chi connectivity index (χ2v) is 5.50. The summed E-state index contributed by atoms with van der Waals surface area (Å²) in [5.41, 5.74) is 2.95. The molecule has 0 bridgehead atoms. The number of hydrogen-bond donors (Lipinski definition) is 1. The van der Waals surface area contributed by atoms with E-state index in [1.54, 1.807) is 11.3 Å². The number of thiazole rings is 1. The summed E-state index contributed by atoms with van der Waals surface area (Å²) in [5.74, 6) is 0.373. The summed E-state index contributed by atoms with van der Waals surface area (Å²) in [5, 5.41) is 5.99. The highest BCUT2D eigenvalue weighted by Gasteiger charge is 2.29. The van der Waals surface area contributed by atoms with E-state index in [1.807, 2.05) is 36.6 Å². The van der Waals surface area contributed by atoms with E-state index in [4.69, 9.17) is 0 Å². The zero-order chi connectivity index (χ0) is 12.5. The summed E-state index contributed by atoms with van der Waals surface area (Å²) in [4.78, 5) is 16.2. The van der Waals surface area contributed by atoms with Crippen molar-refractivity contribution in [1.29, 1.82) is 0 Å². The maximum Gasteiger partial charge on any atom is 0.227 e. The molecule has 3 rings (SSSR count). The average molecular weight is 258 g/mol. The van der Waals surface area contributed by atoms with Crippen LogP contribution in [0, 0.1) is 12.8 Å². The number of aromatic nitrogens is 1. The van der Waals surface area contributed by atoms with Gasteiger partial charge in [-0.1, -0.05) is 12.1 Å². The van der Waals surface area contributed by atoms with Gasteiger partial charge in [-0.2, -0.15) is 0 Å². The van der Waals surface area contributed by atoms with Gasteiger partial charge in [0.1, 0.15) is 5.01 Å².